The van der Waals surface area contributed by atoms with Gasteiger partial charge < -0.3 is 38.9 Å². The molecule has 0 unspecified atom stereocenters. The maximum Gasteiger partial charge on any atom is 0.336 e. The number of nitrogens with one attached hydrogen (secondary N) is 1. The van der Waals surface area contributed by atoms with Gasteiger partial charge in [0.25, 0.3) is 0 Å². The number of hydrogen-bond acceptors (Lipinski definition) is 11. The molecule has 3 N–H and O–H groups in total. The van der Waals surface area contributed by atoms with Crippen molar-refractivity contribution in [1.82, 2.24) is 15.3 Å². The zero-order valence-corrected chi connectivity index (χ0v) is 27.2. The lowest BCUT2D eigenvalue weighted by Gasteiger charge is -2.27. The second kappa shape index (κ2) is 13.7. The molecule has 250 valence electrons. The molecule has 0 aliphatic carbocycles. The summed E-state index contributed by atoms with van der Waals surface area (Å²) in [6, 6.07) is 23.5. The third-order valence-corrected chi connectivity index (χ3v) is 8.58. The molecule has 0 saturated carbocycles. The fraction of sp³-hybridized carbons (Fsp3) is 0.216. The van der Waals surface area contributed by atoms with E-state index in [1.54, 1.807) is 31.2 Å². The van der Waals surface area contributed by atoms with Crippen molar-refractivity contribution in [2.45, 2.75) is 25.6 Å². The minimum atomic E-state index is -0.941. The molecule has 0 radical (unpaired) electrons. The van der Waals surface area contributed by atoms with E-state index < -0.39 is 11.2 Å². The Bertz CT molecular complexity index is 2220. The molecular formula is C37H32ClN3O8. The van der Waals surface area contributed by atoms with Gasteiger partial charge in [-0.1, -0.05) is 41.9 Å². The number of benzene rings is 4. The van der Waals surface area contributed by atoms with Crippen molar-refractivity contribution in [3.63, 3.8) is 0 Å². The fourth-order valence-electron chi connectivity index (χ4n) is 5.45. The molecule has 11 nitrogen and oxygen atoms in total. The number of aliphatic hydroxyl groups excluding tert-OH is 2. The summed E-state index contributed by atoms with van der Waals surface area (Å²) < 4.78 is 29.5. The van der Waals surface area contributed by atoms with Crippen molar-refractivity contribution in [1.29, 1.82) is 0 Å². The van der Waals surface area contributed by atoms with Gasteiger partial charge in [0.05, 0.1) is 34.7 Å². The fourth-order valence-corrected chi connectivity index (χ4v) is 5.67. The van der Waals surface area contributed by atoms with E-state index in [9.17, 15) is 15.0 Å². The van der Waals surface area contributed by atoms with Crippen LogP contribution in [-0.2, 0) is 13.2 Å². The molecule has 2 aromatic heterocycles. The van der Waals surface area contributed by atoms with Crippen LogP contribution in [0.15, 0.2) is 94.4 Å². The van der Waals surface area contributed by atoms with Gasteiger partial charge >= 0.3 is 5.63 Å². The predicted octanol–water partition coefficient (Wildman–Crippen LogP) is 6.03. The Hall–Kier alpha value is -5.20. The normalized spacial score (nSPS) is 12.7. The largest absolute Gasteiger partial charge is 0.488 e. The first-order valence-electron chi connectivity index (χ1n) is 15.6. The van der Waals surface area contributed by atoms with E-state index in [1.165, 1.54) is 12.4 Å². The molecule has 12 heteroatoms. The summed E-state index contributed by atoms with van der Waals surface area (Å²) in [5.41, 5.74) is 2.93. The molecule has 6 aromatic rings. The monoisotopic (exact) mass is 681 g/mol. The van der Waals surface area contributed by atoms with Gasteiger partial charge in [0.1, 0.15) is 37.5 Å². The Morgan fingerprint density at radius 2 is 1.73 bits per heavy atom. The Kier molecular flexibility index (Phi) is 9.07. The van der Waals surface area contributed by atoms with Gasteiger partial charge in [0.15, 0.2) is 17.2 Å². The van der Waals surface area contributed by atoms with Crippen LogP contribution in [0.2, 0.25) is 5.02 Å². The van der Waals surface area contributed by atoms with Gasteiger partial charge in [-0.15, -0.1) is 0 Å². The summed E-state index contributed by atoms with van der Waals surface area (Å²) in [6.45, 7) is 2.47. The number of halogens is 1. The van der Waals surface area contributed by atoms with E-state index in [2.05, 4.69) is 15.3 Å². The van der Waals surface area contributed by atoms with Gasteiger partial charge in [-0.3, -0.25) is 0 Å². The Balaban J connectivity index is 1.22. The van der Waals surface area contributed by atoms with Crippen molar-refractivity contribution < 1.29 is 33.6 Å². The number of fused-ring (bicyclic) bond motifs is 3. The van der Waals surface area contributed by atoms with Crippen LogP contribution >= 0.6 is 11.6 Å². The van der Waals surface area contributed by atoms with Crippen LogP contribution in [0.25, 0.3) is 33.0 Å². The number of aliphatic hydroxyl groups is 2. The number of nitrogens with zero attached hydrogens (tertiary/aromatic N) is 2. The van der Waals surface area contributed by atoms with Crippen molar-refractivity contribution in [2.24, 2.45) is 0 Å². The first kappa shape index (κ1) is 32.4. The molecule has 0 fully saturated rings. The van der Waals surface area contributed by atoms with E-state index in [1.807, 2.05) is 48.5 Å². The third kappa shape index (κ3) is 6.87. The molecule has 0 spiro atoms. The van der Waals surface area contributed by atoms with Crippen molar-refractivity contribution in [2.75, 3.05) is 26.4 Å². The number of rotatable bonds is 11. The zero-order chi connectivity index (χ0) is 34.0. The first-order chi connectivity index (χ1) is 23.8. The molecule has 0 amide bonds. The molecule has 4 aromatic carbocycles. The smallest absolute Gasteiger partial charge is 0.336 e. The van der Waals surface area contributed by atoms with Crippen LogP contribution in [0.5, 0.6) is 28.9 Å². The number of ether oxygens (including phenoxy) is 4. The number of aromatic nitrogens is 2. The second-order valence-corrected chi connectivity index (χ2v) is 12.3. The van der Waals surface area contributed by atoms with Crippen molar-refractivity contribution >= 4 is 33.5 Å². The molecule has 1 aliphatic heterocycles. The summed E-state index contributed by atoms with van der Waals surface area (Å²) in [4.78, 5) is 20.8. The summed E-state index contributed by atoms with van der Waals surface area (Å²) in [5, 5.41) is 24.6. The van der Waals surface area contributed by atoms with Crippen LogP contribution < -0.4 is 29.9 Å². The van der Waals surface area contributed by atoms with Crippen LogP contribution in [0.3, 0.4) is 0 Å². The highest BCUT2D eigenvalue weighted by Gasteiger charge is 2.23. The van der Waals surface area contributed by atoms with Crippen LogP contribution in [0.1, 0.15) is 18.1 Å². The number of para-hydroxylation sites is 1. The predicted molar refractivity (Wildman–Crippen MR) is 184 cm³/mol. The van der Waals surface area contributed by atoms with Crippen LogP contribution in [0, 0.1) is 0 Å². The molecule has 0 bridgehead atoms. The summed E-state index contributed by atoms with van der Waals surface area (Å²) >= 11 is 6.79. The zero-order valence-electron chi connectivity index (χ0n) is 26.4. The van der Waals surface area contributed by atoms with Crippen LogP contribution in [-0.4, -0.2) is 52.1 Å². The van der Waals surface area contributed by atoms with Crippen molar-refractivity contribution in [3.05, 3.63) is 112 Å². The Morgan fingerprint density at radius 3 is 2.57 bits per heavy atom. The Labute approximate surface area is 285 Å². The van der Waals surface area contributed by atoms with E-state index in [4.69, 9.17) is 35.0 Å². The van der Waals surface area contributed by atoms with E-state index >= 15 is 0 Å². The second-order valence-electron chi connectivity index (χ2n) is 11.9. The highest BCUT2D eigenvalue weighted by atomic mass is 35.5. The topological polar surface area (TPSA) is 145 Å². The standard InChI is InChI=1S/C37H32ClN3O8/c1-37(19-42,20-43)41-17-25-14-28(38)32(16-30(25)47-18-22-5-6-23-8-10-34(44)48-31(23)13-22)49-36-27-4-2-3-26(35(27)39-21-40-36)24-7-9-29-33(15-24)46-12-11-45-29/h2-10,13-16,21,41-43H,11-12,17-20H2,1H3. The minimum Gasteiger partial charge on any atom is -0.488 e. The Morgan fingerprint density at radius 1 is 0.918 bits per heavy atom. The SMILES string of the molecule is CC(CO)(CO)NCc1cc(Cl)c(Oc2ncnc3c(-c4ccc5c(c4)OCCO5)cccc23)cc1OCc1ccc2ccc(=O)oc2c1. The van der Waals surface area contributed by atoms with Crippen LogP contribution in [0.4, 0.5) is 0 Å². The highest BCUT2D eigenvalue weighted by Crippen LogP contribution is 2.40. The minimum absolute atomic E-state index is 0.134. The molecule has 0 atom stereocenters. The average Bonchev–Trinajstić information content (AvgIpc) is 3.13. The van der Waals surface area contributed by atoms with Gasteiger partial charge in [-0.05, 0) is 54.4 Å². The molecule has 7 rings (SSSR count). The quantitative estimate of drug-likeness (QED) is 0.138. The average molecular weight is 682 g/mol. The lowest BCUT2D eigenvalue weighted by Crippen LogP contribution is -2.48. The molecule has 0 saturated heterocycles. The summed E-state index contributed by atoms with van der Waals surface area (Å²) in [7, 11) is 0. The molecule has 49 heavy (non-hydrogen) atoms. The van der Waals surface area contributed by atoms with Gasteiger partial charge in [0, 0.05) is 35.2 Å². The van der Waals surface area contributed by atoms with Gasteiger partial charge in [-0.25, -0.2) is 14.8 Å². The van der Waals surface area contributed by atoms with E-state index in [-0.39, 0.29) is 26.4 Å². The van der Waals surface area contributed by atoms with Gasteiger partial charge in [-0.2, -0.15) is 0 Å². The maximum absolute atomic E-state index is 11.8. The lowest BCUT2D eigenvalue weighted by atomic mass is 10.0. The lowest BCUT2D eigenvalue weighted by molar-refractivity contribution is 0.103. The summed E-state index contributed by atoms with van der Waals surface area (Å²) in [5.74, 6) is 2.40. The molecular weight excluding hydrogens is 650 g/mol. The first-order valence-corrected chi connectivity index (χ1v) is 16.0. The molecule has 3 heterocycles. The number of hydrogen-bond donors (Lipinski definition) is 3. The maximum atomic E-state index is 11.8. The third-order valence-electron chi connectivity index (χ3n) is 8.29. The summed E-state index contributed by atoms with van der Waals surface area (Å²) in [6.07, 6.45) is 1.44. The van der Waals surface area contributed by atoms with E-state index in [0.29, 0.717) is 69.2 Å². The van der Waals surface area contributed by atoms with Crippen molar-refractivity contribution in [3.8, 4) is 40.0 Å². The van der Waals surface area contributed by atoms with Gasteiger partial charge in [0.2, 0.25) is 5.88 Å². The van der Waals surface area contributed by atoms with E-state index in [0.717, 1.165) is 22.1 Å². The highest BCUT2D eigenvalue weighted by molar-refractivity contribution is 6.32. The molecule has 1 aliphatic rings.